The fourth-order valence-corrected chi connectivity index (χ4v) is 2.56. The minimum absolute atomic E-state index is 0.582. The van der Waals surface area contributed by atoms with E-state index in [2.05, 4.69) is 34.5 Å². The highest BCUT2D eigenvalue weighted by Gasteiger charge is 2.11. The van der Waals surface area contributed by atoms with Crippen LogP contribution in [-0.2, 0) is 6.42 Å². The zero-order chi connectivity index (χ0) is 12.5. The quantitative estimate of drug-likeness (QED) is 0.680. The molecule has 0 saturated heterocycles. The molecule has 2 heterocycles. The Morgan fingerprint density at radius 3 is 2.67 bits per heavy atom. The summed E-state index contributed by atoms with van der Waals surface area (Å²) in [5, 5.41) is 0.582. The van der Waals surface area contributed by atoms with Gasteiger partial charge in [-0.05, 0) is 24.1 Å². The van der Waals surface area contributed by atoms with E-state index in [1.807, 2.05) is 30.5 Å². The van der Waals surface area contributed by atoms with E-state index in [0.29, 0.717) is 5.15 Å². The van der Waals surface area contributed by atoms with Gasteiger partial charge in [-0.1, -0.05) is 48.0 Å². The van der Waals surface area contributed by atoms with Crippen molar-refractivity contribution in [3.05, 3.63) is 70.8 Å². The molecule has 0 aliphatic rings. The highest BCUT2D eigenvalue weighted by Crippen LogP contribution is 2.22. The van der Waals surface area contributed by atoms with Crippen LogP contribution >= 0.6 is 11.6 Å². The van der Waals surface area contributed by atoms with Crippen molar-refractivity contribution in [3.8, 4) is 0 Å². The molecule has 90 valence electrons. The Hall–Kier alpha value is -1.80. The van der Waals surface area contributed by atoms with Crippen LogP contribution < -0.4 is 0 Å². The highest BCUT2D eigenvalue weighted by atomic mass is 35.5. The van der Waals surface area contributed by atoms with E-state index in [9.17, 15) is 0 Å². The van der Waals surface area contributed by atoms with Gasteiger partial charge in [-0.3, -0.25) is 0 Å². The molecule has 0 aliphatic heterocycles. The number of hydrogen-bond donors (Lipinski definition) is 0. The van der Waals surface area contributed by atoms with Gasteiger partial charge in [0, 0.05) is 12.6 Å². The van der Waals surface area contributed by atoms with Gasteiger partial charge >= 0.3 is 0 Å². The Bertz CT molecular complexity index is 686. The van der Waals surface area contributed by atoms with E-state index in [4.69, 9.17) is 11.6 Å². The monoisotopic (exact) mass is 256 g/mol. The van der Waals surface area contributed by atoms with Gasteiger partial charge in [0.25, 0.3) is 0 Å². The predicted octanol–water partition coefficient (Wildman–Crippen LogP) is 3.89. The van der Waals surface area contributed by atoms with Crippen LogP contribution in [0.2, 0.25) is 5.15 Å². The summed E-state index contributed by atoms with van der Waals surface area (Å²) in [5.41, 5.74) is 3.39. The number of aromatic nitrogens is 2. The minimum atomic E-state index is 0.582. The van der Waals surface area contributed by atoms with Crippen molar-refractivity contribution in [3.63, 3.8) is 0 Å². The van der Waals surface area contributed by atoms with Crippen LogP contribution in [0, 0.1) is 6.92 Å². The van der Waals surface area contributed by atoms with Crippen LogP contribution in [0.1, 0.15) is 17.0 Å². The van der Waals surface area contributed by atoms with E-state index in [0.717, 1.165) is 23.3 Å². The first kappa shape index (κ1) is 11.3. The zero-order valence-corrected chi connectivity index (χ0v) is 10.9. The molecule has 3 heteroatoms. The van der Waals surface area contributed by atoms with Crippen molar-refractivity contribution < 1.29 is 0 Å². The minimum Gasteiger partial charge on any atom is -0.302 e. The number of fused-ring (bicyclic) bond motifs is 1. The summed E-state index contributed by atoms with van der Waals surface area (Å²) in [5.74, 6) is 0.977. The molecule has 0 atom stereocenters. The number of aryl methyl sites for hydroxylation is 1. The molecule has 18 heavy (non-hydrogen) atoms. The number of pyridine rings is 1. The average molecular weight is 257 g/mol. The third-order valence-corrected chi connectivity index (χ3v) is 3.37. The molecule has 1 aromatic carbocycles. The van der Waals surface area contributed by atoms with Gasteiger partial charge in [-0.25, -0.2) is 4.98 Å². The Balaban J connectivity index is 2.11. The molecule has 2 aromatic heterocycles. The van der Waals surface area contributed by atoms with Crippen molar-refractivity contribution >= 4 is 17.1 Å². The molecule has 0 amide bonds. The summed E-state index contributed by atoms with van der Waals surface area (Å²) in [6.45, 7) is 2.05. The van der Waals surface area contributed by atoms with E-state index >= 15 is 0 Å². The van der Waals surface area contributed by atoms with Gasteiger partial charge in [0.2, 0.25) is 0 Å². The fraction of sp³-hybridized carbons (Fsp3) is 0.133. The summed E-state index contributed by atoms with van der Waals surface area (Å²) in [6, 6.07) is 14.4. The second-order valence-electron chi connectivity index (χ2n) is 4.39. The van der Waals surface area contributed by atoms with Crippen LogP contribution in [0.3, 0.4) is 0 Å². The van der Waals surface area contributed by atoms with Crippen molar-refractivity contribution in [2.75, 3.05) is 0 Å². The lowest BCUT2D eigenvalue weighted by atomic mass is 10.1. The van der Waals surface area contributed by atoms with Crippen LogP contribution in [0.4, 0.5) is 0 Å². The molecule has 0 aliphatic carbocycles. The lowest BCUT2D eigenvalue weighted by molar-refractivity contribution is 0.959. The number of imidazole rings is 1. The summed E-state index contributed by atoms with van der Waals surface area (Å²) in [4.78, 5) is 4.47. The maximum atomic E-state index is 6.22. The summed E-state index contributed by atoms with van der Waals surface area (Å²) >= 11 is 6.22. The lowest BCUT2D eigenvalue weighted by Gasteiger charge is -2.02. The van der Waals surface area contributed by atoms with E-state index in [1.165, 1.54) is 5.56 Å². The maximum absolute atomic E-state index is 6.22. The number of hydrogen-bond acceptors (Lipinski definition) is 1. The smallest absolute Gasteiger partial charge is 0.155 e. The molecule has 0 N–H and O–H groups in total. The number of nitrogens with zero attached hydrogens (tertiary/aromatic N) is 2. The SMILES string of the molecule is Cc1cccn2c(Cc3ccccc3)nc(Cl)c12. The van der Waals surface area contributed by atoms with Crippen molar-refractivity contribution in [2.45, 2.75) is 13.3 Å². The van der Waals surface area contributed by atoms with Gasteiger partial charge in [-0.2, -0.15) is 0 Å². The van der Waals surface area contributed by atoms with Crippen molar-refractivity contribution in [1.29, 1.82) is 0 Å². The third-order valence-electron chi connectivity index (χ3n) is 3.10. The fourth-order valence-electron chi connectivity index (χ4n) is 2.22. The standard InChI is InChI=1S/C15H13ClN2/c1-11-6-5-9-18-13(17-15(16)14(11)18)10-12-7-3-2-4-8-12/h2-9H,10H2,1H3. The van der Waals surface area contributed by atoms with Crippen LogP contribution in [0.5, 0.6) is 0 Å². The lowest BCUT2D eigenvalue weighted by Crippen LogP contribution is -1.96. The highest BCUT2D eigenvalue weighted by molar-refractivity contribution is 6.32. The van der Waals surface area contributed by atoms with Crippen LogP contribution in [0.15, 0.2) is 48.7 Å². The number of halogens is 1. The molecule has 0 spiro atoms. The summed E-state index contributed by atoms with van der Waals surface area (Å²) < 4.78 is 2.07. The van der Waals surface area contributed by atoms with E-state index < -0.39 is 0 Å². The van der Waals surface area contributed by atoms with Crippen LogP contribution in [-0.4, -0.2) is 9.38 Å². The van der Waals surface area contributed by atoms with Crippen molar-refractivity contribution in [2.24, 2.45) is 0 Å². The second kappa shape index (κ2) is 4.46. The maximum Gasteiger partial charge on any atom is 0.155 e. The molecular weight excluding hydrogens is 244 g/mol. The average Bonchev–Trinajstić information content (AvgIpc) is 2.69. The van der Waals surface area contributed by atoms with E-state index in [1.54, 1.807) is 0 Å². The second-order valence-corrected chi connectivity index (χ2v) is 4.75. The summed E-state index contributed by atoms with van der Waals surface area (Å²) in [7, 11) is 0. The van der Waals surface area contributed by atoms with Gasteiger partial charge < -0.3 is 4.40 Å². The molecule has 0 bridgehead atoms. The first-order valence-electron chi connectivity index (χ1n) is 5.91. The Morgan fingerprint density at radius 1 is 1.11 bits per heavy atom. The first-order valence-corrected chi connectivity index (χ1v) is 6.29. The largest absolute Gasteiger partial charge is 0.302 e. The molecule has 0 radical (unpaired) electrons. The van der Waals surface area contributed by atoms with Gasteiger partial charge in [0.15, 0.2) is 5.15 Å². The van der Waals surface area contributed by atoms with Crippen molar-refractivity contribution in [1.82, 2.24) is 9.38 Å². The first-order chi connectivity index (χ1) is 8.75. The number of benzene rings is 1. The Kier molecular flexibility index (Phi) is 2.80. The number of rotatable bonds is 2. The normalized spacial score (nSPS) is 11.0. The topological polar surface area (TPSA) is 17.3 Å². The molecule has 2 nitrogen and oxygen atoms in total. The molecule has 0 saturated carbocycles. The zero-order valence-electron chi connectivity index (χ0n) is 10.1. The van der Waals surface area contributed by atoms with Gasteiger partial charge in [0.1, 0.15) is 5.82 Å². The molecule has 3 aromatic rings. The molecule has 0 unspecified atom stereocenters. The molecular formula is C15H13ClN2. The third kappa shape index (κ3) is 1.89. The molecule has 3 rings (SSSR count). The summed E-state index contributed by atoms with van der Waals surface area (Å²) in [6.07, 6.45) is 2.80. The molecule has 0 fully saturated rings. The predicted molar refractivity (Wildman–Crippen MR) is 74.2 cm³/mol. The van der Waals surface area contributed by atoms with E-state index in [-0.39, 0.29) is 0 Å². The Labute approximate surface area is 111 Å². The Morgan fingerprint density at radius 2 is 1.89 bits per heavy atom. The van der Waals surface area contributed by atoms with Gasteiger partial charge in [-0.15, -0.1) is 0 Å². The van der Waals surface area contributed by atoms with Crippen LogP contribution in [0.25, 0.3) is 5.52 Å². The van der Waals surface area contributed by atoms with Gasteiger partial charge in [0.05, 0.1) is 5.52 Å².